The lowest BCUT2D eigenvalue weighted by atomic mass is 9.80. The van der Waals surface area contributed by atoms with Gasteiger partial charge in [0, 0.05) is 5.41 Å². The van der Waals surface area contributed by atoms with Crippen LogP contribution < -0.4 is 0 Å². The van der Waals surface area contributed by atoms with Crippen molar-refractivity contribution < 1.29 is 0 Å². The average molecular weight is 721 g/mol. The molecule has 0 saturated heterocycles. The van der Waals surface area contributed by atoms with Gasteiger partial charge in [0.15, 0.2) is 0 Å². The van der Waals surface area contributed by atoms with Crippen molar-refractivity contribution in [3.05, 3.63) is 193 Å². The summed E-state index contributed by atoms with van der Waals surface area (Å²) < 4.78 is 0. The van der Waals surface area contributed by atoms with Crippen molar-refractivity contribution >= 4 is 86.2 Å². The summed E-state index contributed by atoms with van der Waals surface area (Å²) in [5.41, 5.74) is 10.5. The molecule has 0 heteroatoms. The molecule has 0 aliphatic heterocycles. The second-order valence-electron chi connectivity index (χ2n) is 16.7. The minimum atomic E-state index is -0.132. The van der Waals surface area contributed by atoms with Crippen molar-refractivity contribution in [2.24, 2.45) is 0 Å². The highest BCUT2D eigenvalue weighted by atomic mass is 14.4. The van der Waals surface area contributed by atoms with Crippen LogP contribution in [0.3, 0.4) is 0 Å². The molecule has 0 atom stereocenters. The third-order valence-corrected chi connectivity index (χ3v) is 13.6. The van der Waals surface area contributed by atoms with Gasteiger partial charge in [-0.3, -0.25) is 0 Å². The molecule has 0 nitrogen and oxygen atoms in total. The van der Waals surface area contributed by atoms with E-state index in [4.69, 9.17) is 0 Å². The van der Waals surface area contributed by atoms with Crippen LogP contribution >= 0.6 is 0 Å². The Bertz CT molecular complexity index is 3640. The molecule has 0 radical (unpaired) electrons. The van der Waals surface area contributed by atoms with E-state index in [0.29, 0.717) is 0 Å². The molecule has 264 valence electrons. The van der Waals surface area contributed by atoms with Gasteiger partial charge in [-0.2, -0.15) is 0 Å². The number of hydrogen-bond donors (Lipinski definition) is 0. The van der Waals surface area contributed by atoms with E-state index in [-0.39, 0.29) is 5.41 Å². The molecule has 57 heavy (non-hydrogen) atoms. The van der Waals surface area contributed by atoms with E-state index in [1.165, 1.54) is 131 Å². The summed E-state index contributed by atoms with van der Waals surface area (Å²) in [6, 6.07) is 69.0. The predicted molar refractivity (Wildman–Crippen MR) is 246 cm³/mol. The number of rotatable bonds is 2. The maximum absolute atomic E-state index is 2.51. The van der Waals surface area contributed by atoms with Crippen LogP contribution in [-0.2, 0) is 5.41 Å². The Balaban J connectivity index is 1.09. The normalized spacial score (nSPS) is 13.6. The van der Waals surface area contributed by atoms with E-state index in [1.807, 2.05) is 0 Å². The summed E-state index contributed by atoms with van der Waals surface area (Å²) in [6.45, 7) is 4.81. The molecule has 0 bridgehead atoms. The molecule has 0 unspecified atom stereocenters. The minimum absolute atomic E-state index is 0.132. The molecule has 0 spiro atoms. The first-order chi connectivity index (χ1) is 28.0. The zero-order valence-electron chi connectivity index (χ0n) is 31.8. The van der Waals surface area contributed by atoms with Crippen molar-refractivity contribution in [2.45, 2.75) is 19.3 Å². The molecule has 0 amide bonds. The summed E-state index contributed by atoms with van der Waals surface area (Å²) in [7, 11) is 0. The van der Waals surface area contributed by atoms with Crippen LogP contribution in [0.2, 0.25) is 0 Å². The zero-order chi connectivity index (χ0) is 37.6. The van der Waals surface area contributed by atoms with Crippen molar-refractivity contribution in [1.82, 2.24) is 0 Å². The summed E-state index contributed by atoms with van der Waals surface area (Å²) in [4.78, 5) is 0. The lowest BCUT2D eigenvalue weighted by Crippen LogP contribution is -2.14. The van der Waals surface area contributed by atoms with Gasteiger partial charge in [0.25, 0.3) is 0 Å². The van der Waals surface area contributed by atoms with Gasteiger partial charge in [0.05, 0.1) is 0 Å². The molecular formula is C57H36. The van der Waals surface area contributed by atoms with Gasteiger partial charge in [0.1, 0.15) is 0 Å². The van der Waals surface area contributed by atoms with Gasteiger partial charge < -0.3 is 0 Å². The maximum atomic E-state index is 2.51. The molecule has 0 heterocycles. The van der Waals surface area contributed by atoms with Crippen LogP contribution in [0.25, 0.3) is 120 Å². The van der Waals surface area contributed by atoms with Crippen LogP contribution in [0.1, 0.15) is 25.0 Å². The fourth-order valence-electron chi connectivity index (χ4n) is 11.0. The molecule has 0 N–H and O–H groups in total. The van der Waals surface area contributed by atoms with E-state index in [0.717, 1.165) is 0 Å². The summed E-state index contributed by atoms with van der Waals surface area (Å²) >= 11 is 0. The van der Waals surface area contributed by atoms with Gasteiger partial charge in [-0.05, 0) is 149 Å². The Labute approximate surface area is 330 Å². The fraction of sp³-hybridized carbons (Fsp3) is 0.0526. The van der Waals surface area contributed by atoms with Crippen molar-refractivity contribution in [1.29, 1.82) is 0 Å². The molecule has 12 aromatic carbocycles. The second-order valence-corrected chi connectivity index (χ2v) is 16.7. The third-order valence-electron chi connectivity index (χ3n) is 13.6. The molecule has 0 saturated carbocycles. The Morgan fingerprint density at radius 3 is 1.37 bits per heavy atom. The first-order valence-corrected chi connectivity index (χ1v) is 20.2. The van der Waals surface area contributed by atoms with Crippen molar-refractivity contribution in [3.8, 4) is 33.4 Å². The topological polar surface area (TPSA) is 0 Å². The SMILES string of the molecule is CC1(C)c2ccc(-c3c4ccccc4c(-c4ccc5ccc6cccc7ccc4c5c67)c4ccccc34)cc2-c2cc3c4ccccc4c4ccccc4c3cc21. The number of hydrogen-bond acceptors (Lipinski definition) is 0. The highest BCUT2D eigenvalue weighted by Gasteiger charge is 2.36. The second kappa shape index (κ2) is 11.1. The number of benzene rings is 12. The van der Waals surface area contributed by atoms with Crippen LogP contribution in [-0.4, -0.2) is 0 Å². The molecule has 1 aliphatic rings. The minimum Gasteiger partial charge on any atom is -0.0616 e. The highest BCUT2D eigenvalue weighted by molar-refractivity contribution is 6.30. The zero-order valence-corrected chi connectivity index (χ0v) is 31.8. The molecule has 13 rings (SSSR count). The van der Waals surface area contributed by atoms with E-state index >= 15 is 0 Å². The molecule has 1 aliphatic carbocycles. The van der Waals surface area contributed by atoms with Crippen LogP contribution in [0.4, 0.5) is 0 Å². The van der Waals surface area contributed by atoms with E-state index in [2.05, 4.69) is 196 Å². The Morgan fingerprint density at radius 2 is 0.754 bits per heavy atom. The first-order valence-electron chi connectivity index (χ1n) is 20.2. The van der Waals surface area contributed by atoms with Crippen LogP contribution in [0.15, 0.2) is 182 Å². The lowest BCUT2D eigenvalue weighted by Gasteiger charge is -2.23. The van der Waals surface area contributed by atoms with Gasteiger partial charge in [-0.25, -0.2) is 0 Å². The smallest absolute Gasteiger partial charge is 0.0159 e. The summed E-state index contributed by atoms with van der Waals surface area (Å²) in [5.74, 6) is 0. The monoisotopic (exact) mass is 720 g/mol. The van der Waals surface area contributed by atoms with E-state index in [1.54, 1.807) is 0 Å². The van der Waals surface area contributed by atoms with Crippen LogP contribution in [0, 0.1) is 0 Å². The third kappa shape index (κ3) is 4.07. The van der Waals surface area contributed by atoms with Gasteiger partial charge >= 0.3 is 0 Å². The Hall–Kier alpha value is -7.02. The molecule has 12 aromatic rings. The quantitative estimate of drug-likeness (QED) is 0.123. The predicted octanol–water partition coefficient (Wildman–Crippen LogP) is 16.0. The Kier molecular flexibility index (Phi) is 6.06. The molecule has 0 aromatic heterocycles. The summed E-state index contributed by atoms with van der Waals surface area (Å²) in [5, 5.41) is 21.0. The first kappa shape index (κ1) is 31.2. The highest BCUT2D eigenvalue weighted by Crippen LogP contribution is 2.54. The largest absolute Gasteiger partial charge is 0.0616 e. The molecular weight excluding hydrogens is 685 g/mol. The average Bonchev–Trinajstić information content (AvgIpc) is 3.48. The van der Waals surface area contributed by atoms with Gasteiger partial charge in [-0.15, -0.1) is 0 Å². The summed E-state index contributed by atoms with van der Waals surface area (Å²) in [6.07, 6.45) is 0. The van der Waals surface area contributed by atoms with E-state index in [9.17, 15) is 0 Å². The fourth-order valence-corrected chi connectivity index (χ4v) is 11.0. The van der Waals surface area contributed by atoms with E-state index < -0.39 is 0 Å². The number of fused-ring (bicyclic) bond motifs is 11. The van der Waals surface area contributed by atoms with Crippen molar-refractivity contribution in [2.75, 3.05) is 0 Å². The lowest BCUT2D eigenvalue weighted by molar-refractivity contribution is 0.661. The molecule has 0 fully saturated rings. The van der Waals surface area contributed by atoms with Gasteiger partial charge in [-0.1, -0.05) is 178 Å². The van der Waals surface area contributed by atoms with Gasteiger partial charge in [0.2, 0.25) is 0 Å². The Morgan fingerprint density at radius 1 is 0.281 bits per heavy atom. The maximum Gasteiger partial charge on any atom is 0.0159 e. The standard InChI is InChI=1S/C57H36/c1-57(2)51-29-26-36(30-49(51)50-31-47-39-16-5-3-14-37(39)38-15-4-6-17-40(38)48(47)32-52(50)57)54-41-18-7-9-20-43(41)56(44-21-10-8-19-42(44)54)46-28-25-35-23-22-33-12-11-13-34-24-27-45(46)55(35)53(33)34/h3-32H,1-2H3. The van der Waals surface area contributed by atoms with Crippen molar-refractivity contribution in [3.63, 3.8) is 0 Å². The van der Waals surface area contributed by atoms with Crippen LogP contribution in [0.5, 0.6) is 0 Å².